The van der Waals surface area contributed by atoms with E-state index in [1.54, 1.807) is 4.57 Å². The van der Waals surface area contributed by atoms with Gasteiger partial charge in [-0.1, -0.05) is 5.92 Å². The van der Waals surface area contributed by atoms with Crippen LogP contribution in [0.2, 0.25) is 0 Å². The van der Waals surface area contributed by atoms with Crippen LogP contribution >= 0.6 is 0 Å². The van der Waals surface area contributed by atoms with Crippen LogP contribution in [0.15, 0.2) is 24.5 Å². The van der Waals surface area contributed by atoms with Crippen molar-refractivity contribution in [2.24, 2.45) is 0 Å². The van der Waals surface area contributed by atoms with Crippen molar-refractivity contribution in [3.8, 4) is 12.3 Å². The summed E-state index contributed by atoms with van der Waals surface area (Å²) in [5, 5.41) is 0. The highest BCUT2D eigenvalue weighted by Gasteiger charge is 2.30. The van der Waals surface area contributed by atoms with Gasteiger partial charge in [-0.3, -0.25) is 0 Å². The highest BCUT2D eigenvalue weighted by atomic mass is 19.4. The molecule has 0 N–H and O–H groups in total. The third kappa shape index (κ3) is 1.74. The fraction of sp³-hybridized carbons (Fsp3) is 0.182. The van der Waals surface area contributed by atoms with Gasteiger partial charge in [-0.15, -0.1) is 6.42 Å². The first-order chi connectivity index (χ1) is 7.52. The van der Waals surface area contributed by atoms with E-state index in [-0.39, 0.29) is 0 Å². The lowest BCUT2D eigenvalue weighted by Crippen LogP contribution is -2.04. The highest BCUT2D eigenvalue weighted by molar-refractivity contribution is 5.76. The Bertz CT molecular complexity index is 561. The molecule has 0 aliphatic rings. The van der Waals surface area contributed by atoms with E-state index < -0.39 is 11.7 Å². The molecular weight excluding hydrogens is 217 g/mol. The van der Waals surface area contributed by atoms with Crippen LogP contribution in [0.4, 0.5) is 13.2 Å². The molecule has 0 aliphatic carbocycles. The summed E-state index contributed by atoms with van der Waals surface area (Å²) in [7, 11) is 0. The summed E-state index contributed by atoms with van der Waals surface area (Å²) in [5.41, 5.74) is 0.196. The van der Waals surface area contributed by atoms with Crippen LogP contribution < -0.4 is 0 Å². The number of fused-ring (bicyclic) bond motifs is 1. The minimum atomic E-state index is -4.34. The molecule has 0 fully saturated rings. The van der Waals surface area contributed by atoms with E-state index >= 15 is 0 Å². The lowest BCUT2D eigenvalue weighted by Gasteiger charge is -2.06. The second-order valence-electron chi connectivity index (χ2n) is 3.28. The van der Waals surface area contributed by atoms with E-state index in [1.165, 1.54) is 12.4 Å². The van der Waals surface area contributed by atoms with Crippen molar-refractivity contribution in [1.29, 1.82) is 0 Å². The van der Waals surface area contributed by atoms with E-state index in [9.17, 15) is 13.2 Å². The van der Waals surface area contributed by atoms with Crippen LogP contribution in [-0.4, -0.2) is 9.55 Å². The van der Waals surface area contributed by atoms with E-state index in [1.807, 2.05) is 0 Å². The van der Waals surface area contributed by atoms with Crippen molar-refractivity contribution in [2.45, 2.75) is 12.7 Å². The molecule has 2 rings (SSSR count). The predicted molar refractivity (Wildman–Crippen MR) is 53.6 cm³/mol. The average Bonchev–Trinajstić information content (AvgIpc) is 2.60. The molecule has 0 aliphatic heterocycles. The van der Waals surface area contributed by atoms with Gasteiger partial charge >= 0.3 is 6.18 Å². The van der Waals surface area contributed by atoms with Gasteiger partial charge in [0.25, 0.3) is 0 Å². The number of terminal acetylenes is 1. The maximum atomic E-state index is 12.4. The first-order valence-electron chi connectivity index (χ1n) is 4.48. The van der Waals surface area contributed by atoms with Crippen LogP contribution in [0, 0.1) is 12.3 Å². The summed E-state index contributed by atoms with van der Waals surface area (Å²) < 4.78 is 38.8. The second-order valence-corrected chi connectivity index (χ2v) is 3.28. The Morgan fingerprint density at radius 3 is 2.75 bits per heavy atom. The molecular formula is C11H7F3N2. The SMILES string of the molecule is C#CCn1cnc2cc(C(F)(F)F)ccc21. The maximum Gasteiger partial charge on any atom is 0.416 e. The lowest BCUT2D eigenvalue weighted by molar-refractivity contribution is -0.137. The topological polar surface area (TPSA) is 17.8 Å². The van der Waals surface area contributed by atoms with Gasteiger partial charge in [0.15, 0.2) is 0 Å². The van der Waals surface area contributed by atoms with Gasteiger partial charge in [-0.05, 0) is 18.2 Å². The standard InChI is InChI=1S/C11H7F3N2/c1-2-5-16-7-15-9-6-8(11(12,13)14)3-4-10(9)16/h1,3-4,6-7H,5H2. The number of benzene rings is 1. The van der Waals surface area contributed by atoms with Gasteiger partial charge in [0.05, 0.1) is 29.5 Å². The Kier molecular flexibility index (Phi) is 2.35. The minimum Gasteiger partial charge on any atom is -0.319 e. The molecule has 2 aromatic rings. The van der Waals surface area contributed by atoms with E-state index in [0.29, 0.717) is 17.6 Å². The fourth-order valence-electron chi connectivity index (χ4n) is 1.46. The highest BCUT2D eigenvalue weighted by Crippen LogP contribution is 2.30. The second kappa shape index (κ2) is 3.56. The summed E-state index contributed by atoms with van der Waals surface area (Å²) in [6, 6.07) is 3.42. The van der Waals surface area contributed by atoms with Crippen LogP contribution in [0.5, 0.6) is 0 Å². The number of hydrogen-bond donors (Lipinski definition) is 0. The number of rotatable bonds is 1. The van der Waals surface area contributed by atoms with Crippen LogP contribution in [0.25, 0.3) is 11.0 Å². The molecule has 0 saturated carbocycles. The van der Waals surface area contributed by atoms with E-state index in [2.05, 4.69) is 10.9 Å². The summed E-state index contributed by atoms with van der Waals surface area (Å²) >= 11 is 0. The largest absolute Gasteiger partial charge is 0.416 e. The quantitative estimate of drug-likeness (QED) is 0.681. The third-order valence-electron chi connectivity index (χ3n) is 2.21. The zero-order valence-corrected chi connectivity index (χ0v) is 8.12. The van der Waals surface area contributed by atoms with Crippen LogP contribution in [0.1, 0.15) is 5.56 Å². The third-order valence-corrected chi connectivity index (χ3v) is 2.21. The van der Waals surface area contributed by atoms with Gasteiger partial charge in [0.2, 0.25) is 0 Å². The molecule has 0 bridgehead atoms. The number of nitrogens with zero attached hydrogens (tertiary/aromatic N) is 2. The molecule has 2 nitrogen and oxygen atoms in total. The molecule has 0 amide bonds. The van der Waals surface area contributed by atoms with Gasteiger partial charge in [-0.25, -0.2) is 4.98 Å². The molecule has 1 aromatic carbocycles. The Labute approximate surface area is 89.7 Å². The fourth-order valence-corrected chi connectivity index (χ4v) is 1.46. The molecule has 0 spiro atoms. The van der Waals surface area contributed by atoms with Crippen LogP contribution in [0.3, 0.4) is 0 Å². The Hall–Kier alpha value is -1.96. The van der Waals surface area contributed by atoms with Crippen molar-refractivity contribution >= 4 is 11.0 Å². The number of hydrogen-bond acceptors (Lipinski definition) is 1. The number of halogens is 3. The molecule has 0 unspecified atom stereocenters. The lowest BCUT2D eigenvalue weighted by atomic mass is 10.2. The summed E-state index contributed by atoms with van der Waals surface area (Å²) in [4.78, 5) is 3.88. The van der Waals surface area contributed by atoms with Gasteiger partial charge < -0.3 is 4.57 Å². The van der Waals surface area contributed by atoms with Crippen molar-refractivity contribution in [3.05, 3.63) is 30.1 Å². The molecule has 16 heavy (non-hydrogen) atoms. The zero-order chi connectivity index (χ0) is 11.8. The monoisotopic (exact) mass is 224 g/mol. The van der Waals surface area contributed by atoms with E-state index in [0.717, 1.165) is 12.1 Å². The van der Waals surface area contributed by atoms with Crippen LogP contribution in [-0.2, 0) is 12.7 Å². The molecule has 1 heterocycles. The van der Waals surface area contributed by atoms with Crippen molar-refractivity contribution in [1.82, 2.24) is 9.55 Å². The zero-order valence-electron chi connectivity index (χ0n) is 8.12. The summed E-state index contributed by atoms with van der Waals surface area (Å²) in [6.45, 7) is 0.294. The first-order valence-corrected chi connectivity index (χ1v) is 4.48. The Morgan fingerprint density at radius 2 is 2.12 bits per heavy atom. The molecule has 0 atom stereocenters. The van der Waals surface area contributed by atoms with Crippen molar-refractivity contribution < 1.29 is 13.2 Å². The Balaban J connectivity index is 2.54. The smallest absolute Gasteiger partial charge is 0.319 e. The molecule has 5 heteroatoms. The molecule has 0 radical (unpaired) electrons. The van der Waals surface area contributed by atoms with Gasteiger partial charge in [-0.2, -0.15) is 13.2 Å². The normalized spacial score (nSPS) is 11.6. The molecule has 82 valence electrons. The average molecular weight is 224 g/mol. The minimum absolute atomic E-state index is 0.294. The number of aromatic nitrogens is 2. The Morgan fingerprint density at radius 1 is 1.38 bits per heavy atom. The number of imidazole rings is 1. The molecule has 0 saturated heterocycles. The van der Waals surface area contributed by atoms with Crippen molar-refractivity contribution in [3.63, 3.8) is 0 Å². The van der Waals surface area contributed by atoms with Crippen molar-refractivity contribution in [2.75, 3.05) is 0 Å². The maximum absolute atomic E-state index is 12.4. The summed E-state index contributed by atoms with van der Waals surface area (Å²) in [6.07, 6.45) is 2.22. The van der Waals surface area contributed by atoms with Gasteiger partial charge in [0, 0.05) is 0 Å². The van der Waals surface area contributed by atoms with E-state index in [4.69, 9.17) is 6.42 Å². The van der Waals surface area contributed by atoms with Gasteiger partial charge in [0.1, 0.15) is 0 Å². The number of alkyl halides is 3. The first kappa shape index (κ1) is 10.6. The molecule has 1 aromatic heterocycles. The predicted octanol–water partition coefficient (Wildman–Crippen LogP) is 2.69. The summed E-state index contributed by atoms with van der Waals surface area (Å²) in [5.74, 6) is 2.41.